The molecule has 0 radical (unpaired) electrons. The van der Waals surface area contributed by atoms with Gasteiger partial charge in [-0.2, -0.15) is 0 Å². The van der Waals surface area contributed by atoms with Crippen LogP contribution >= 0.6 is 0 Å². The molecule has 0 aliphatic heterocycles. The number of rotatable bonds is 7. The van der Waals surface area contributed by atoms with Crippen molar-refractivity contribution in [1.29, 1.82) is 0 Å². The maximum absolute atomic E-state index is 12.1. The van der Waals surface area contributed by atoms with Crippen LogP contribution in [0.5, 0.6) is 5.75 Å². The lowest BCUT2D eigenvalue weighted by atomic mass is 10.1. The first-order valence-corrected chi connectivity index (χ1v) is 7.67. The maximum Gasteiger partial charge on any atom is 0.343 e. The second-order valence-corrected chi connectivity index (χ2v) is 5.33. The molecule has 0 bridgehead atoms. The zero-order chi connectivity index (χ0) is 16.7. The minimum absolute atomic E-state index is 0.0399. The van der Waals surface area contributed by atoms with Gasteiger partial charge >= 0.3 is 5.97 Å². The smallest absolute Gasteiger partial charge is 0.343 e. The van der Waals surface area contributed by atoms with Crippen molar-refractivity contribution < 1.29 is 14.3 Å². The van der Waals surface area contributed by atoms with Gasteiger partial charge in [-0.1, -0.05) is 44.2 Å². The van der Waals surface area contributed by atoms with Gasteiger partial charge < -0.3 is 4.74 Å². The average Bonchev–Trinajstić information content (AvgIpc) is 2.57. The van der Waals surface area contributed by atoms with Crippen LogP contribution in [0.4, 0.5) is 0 Å². The Hall–Kier alpha value is -2.68. The standard InChI is InChI=1S/C20H20O3/c1-3-5-15-6-10-17(11-7-15)20(22)23-19-12-8-16(9-13-19)14-18(21)4-2/h4,6-13H,2-3,5,14H2,1H3. The van der Waals surface area contributed by atoms with E-state index in [0.717, 1.165) is 18.4 Å². The molecular formula is C20H20O3. The number of ketones is 1. The molecule has 0 spiro atoms. The molecule has 118 valence electrons. The molecule has 3 heteroatoms. The van der Waals surface area contributed by atoms with E-state index in [-0.39, 0.29) is 11.8 Å². The number of aryl methyl sites for hydroxylation is 1. The van der Waals surface area contributed by atoms with E-state index in [0.29, 0.717) is 17.7 Å². The van der Waals surface area contributed by atoms with Gasteiger partial charge in [-0.15, -0.1) is 0 Å². The van der Waals surface area contributed by atoms with Crippen molar-refractivity contribution >= 4 is 11.8 Å². The molecule has 0 atom stereocenters. The SMILES string of the molecule is C=CC(=O)Cc1ccc(OC(=O)c2ccc(CCC)cc2)cc1. The molecule has 0 heterocycles. The molecule has 2 rings (SSSR count). The quantitative estimate of drug-likeness (QED) is 0.438. The van der Waals surface area contributed by atoms with E-state index < -0.39 is 0 Å². The second-order valence-electron chi connectivity index (χ2n) is 5.33. The van der Waals surface area contributed by atoms with E-state index in [1.165, 1.54) is 11.6 Å². The van der Waals surface area contributed by atoms with E-state index in [1.807, 2.05) is 12.1 Å². The molecule has 0 saturated heterocycles. The van der Waals surface area contributed by atoms with Crippen LogP contribution in [-0.4, -0.2) is 11.8 Å². The van der Waals surface area contributed by atoms with Crippen molar-refractivity contribution in [2.75, 3.05) is 0 Å². The van der Waals surface area contributed by atoms with E-state index in [2.05, 4.69) is 13.5 Å². The maximum atomic E-state index is 12.1. The summed E-state index contributed by atoms with van der Waals surface area (Å²) < 4.78 is 5.34. The number of carbonyl (C=O) groups excluding carboxylic acids is 2. The summed E-state index contributed by atoms with van der Waals surface area (Å²) in [5.74, 6) is 0.0346. The van der Waals surface area contributed by atoms with Gasteiger partial charge in [-0.3, -0.25) is 4.79 Å². The van der Waals surface area contributed by atoms with Crippen molar-refractivity contribution in [2.45, 2.75) is 26.2 Å². The Kier molecular flexibility index (Phi) is 5.87. The fraction of sp³-hybridized carbons (Fsp3) is 0.200. The summed E-state index contributed by atoms with van der Waals surface area (Å²) in [6.07, 6.45) is 3.68. The Morgan fingerprint density at radius 2 is 1.61 bits per heavy atom. The minimum atomic E-state index is -0.386. The lowest BCUT2D eigenvalue weighted by Crippen LogP contribution is -2.08. The highest BCUT2D eigenvalue weighted by molar-refractivity contribution is 5.91. The molecule has 2 aromatic carbocycles. The summed E-state index contributed by atoms with van der Waals surface area (Å²) in [4.78, 5) is 23.4. The normalized spacial score (nSPS) is 10.1. The molecular weight excluding hydrogens is 288 g/mol. The molecule has 2 aromatic rings. The van der Waals surface area contributed by atoms with Gasteiger partial charge in [-0.25, -0.2) is 4.79 Å². The van der Waals surface area contributed by atoms with Gasteiger partial charge in [0.25, 0.3) is 0 Å². The Balaban J connectivity index is 1.99. The zero-order valence-corrected chi connectivity index (χ0v) is 13.2. The Morgan fingerprint density at radius 3 is 2.17 bits per heavy atom. The van der Waals surface area contributed by atoms with Crippen LogP contribution in [0.2, 0.25) is 0 Å². The molecule has 0 aliphatic rings. The van der Waals surface area contributed by atoms with Crippen LogP contribution in [0, 0.1) is 0 Å². The summed E-state index contributed by atoms with van der Waals surface area (Å²) in [5, 5.41) is 0. The molecule has 0 saturated carbocycles. The largest absolute Gasteiger partial charge is 0.423 e. The third kappa shape index (κ3) is 4.92. The molecule has 23 heavy (non-hydrogen) atoms. The Labute approximate surface area is 136 Å². The molecule has 0 unspecified atom stereocenters. The molecule has 0 fully saturated rings. The molecule has 3 nitrogen and oxygen atoms in total. The van der Waals surface area contributed by atoms with Crippen molar-refractivity contribution in [3.05, 3.63) is 77.9 Å². The van der Waals surface area contributed by atoms with Gasteiger partial charge in [0.1, 0.15) is 5.75 Å². The van der Waals surface area contributed by atoms with Crippen LogP contribution in [-0.2, 0) is 17.6 Å². The second kappa shape index (κ2) is 8.08. The predicted octanol–water partition coefficient (Wildman–Crippen LogP) is 4.16. The lowest BCUT2D eigenvalue weighted by molar-refractivity contribution is -0.114. The van der Waals surface area contributed by atoms with Gasteiger partial charge in [0, 0.05) is 6.42 Å². The number of carbonyl (C=O) groups is 2. The van der Waals surface area contributed by atoms with E-state index >= 15 is 0 Å². The van der Waals surface area contributed by atoms with Crippen LogP contribution in [0.25, 0.3) is 0 Å². The topological polar surface area (TPSA) is 43.4 Å². The number of benzene rings is 2. The first kappa shape index (κ1) is 16.7. The fourth-order valence-electron chi connectivity index (χ4n) is 2.21. The van der Waals surface area contributed by atoms with E-state index in [9.17, 15) is 9.59 Å². The highest BCUT2D eigenvalue weighted by Crippen LogP contribution is 2.15. The van der Waals surface area contributed by atoms with Crippen molar-refractivity contribution in [3.63, 3.8) is 0 Å². The third-order valence-electron chi connectivity index (χ3n) is 3.47. The number of esters is 1. The Morgan fingerprint density at radius 1 is 1.00 bits per heavy atom. The van der Waals surface area contributed by atoms with Gasteiger partial charge in [-0.05, 0) is 47.9 Å². The average molecular weight is 308 g/mol. The van der Waals surface area contributed by atoms with E-state index in [1.54, 1.807) is 36.4 Å². The summed E-state index contributed by atoms with van der Waals surface area (Å²) in [6, 6.07) is 14.4. The third-order valence-corrected chi connectivity index (χ3v) is 3.47. The van der Waals surface area contributed by atoms with Gasteiger partial charge in [0.15, 0.2) is 5.78 Å². The summed E-state index contributed by atoms with van der Waals surface area (Å²) in [7, 11) is 0. The first-order chi connectivity index (χ1) is 11.1. The van der Waals surface area contributed by atoms with Crippen LogP contribution < -0.4 is 4.74 Å². The minimum Gasteiger partial charge on any atom is -0.423 e. The number of hydrogen-bond acceptors (Lipinski definition) is 3. The number of ether oxygens (including phenoxy) is 1. The predicted molar refractivity (Wildman–Crippen MR) is 90.7 cm³/mol. The summed E-state index contributed by atoms with van der Waals surface area (Å²) >= 11 is 0. The van der Waals surface area contributed by atoms with Crippen molar-refractivity contribution in [3.8, 4) is 5.75 Å². The summed E-state index contributed by atoms with van der Waals surface area (Å²) in [6.45, 7) is 5.57. The monoisotopic (exact) mass is 308 g/mol. The van der Waals surface area contributed by atoms with Crippen LogP contribution in [0.1, 0.15) is 34.8 Å². The van der Waals surface area contributed by atoms with Gasteiger partial charge in [0.05, 0.1) is 5.56 Å². The number of hydrogen-bond donors (Lipinski definition) is 0. The molecule has 0 aromatic heterocycles. The molecule has 0 aliphatic carbocycles. The lowest BCUT2D eigenvalue weighted by Gasteiger charge is -2.06. The van der Waals surface area contributed by atoms with E-state index in [4.69, 9.17) is 4.74 Å². The number of allylic oxidation sites excluding steroid dienone is 1. The van der Waals surface area contributed by atoms with Gasteiger partial charge in [0.2, 0.25) is 0 Å². The highest BCUT2D eigenvalue weighted by atomic mass is 16.5. The summed E-state index contributed by atoms with van der Waals surface area (Å²) in [5.41, 5.74) is 2.59. The zero-order valence-electron chi connectivity index (χ0n) is 13.2. The fourth-order valence-corrected chi connectivity index (χ4v) is 2.21. The van der Waals surface area contributed by atoms with Crippen molar-refractivity contribution in [2.24, 2.45) is 0 Å². The molecule has 0 amide bonds. The molecule has 0 N–H and O–H groups in total. The Bertz CT molecular complexity index is 682. The first-order valence-electron chi connectivity index (χ1n) is 7.67. The highest BCUT2D eigenvalue weighted by Gasteiger charge is 2.09. The van der Waals surface area contributed by atoms with Crippen LogP contribution in [0.3, 0.4) is 0 Å². The van der Waals surface area contributed by atoms with Crippen molar-refractivity contribution in [1.82, 2.24) is 0 Å². The van der Waals surface area contributed by atoms with Crippen LogP contribution in [0.15, 0.2) is 61.2 Å².